The zero-order valence-electron chi connectivity index (χ0n) is 15.1. The Morgan fingerprint density at radius 1 is 1.19 bits per heavy atom. The molecule has 2 aliphatic rings. The molecule has 1 aromatic heterocycles. The molecule has 2 saturated heterocycles. The van der Waals surface area contributed by atoms with Gasteiger partial charge in [-0.15, -0.1) is 0 Å². The summed E-state index contributed by atoms with van der Waals surface area (Å²) in [5, 5.41) is 4.25. The van der Waals surface area contributed by atoms with Gasteiger partial charge in [0.1, 0.15) is 5.82 Å². The molecule has 0 bridgehead atoms. The van der Waals surface area contributed by atoms with Crippen LogP contribution in [0.3, 0.4) is 0 Å². The number of hydrogen-bond donors (Lipinski definition) is 0. The summed E-state index contributed by atoms with van der Waals surface area (Å²) in [4.78, 5) is 28.7. The maximum atomic E-state index is 13.1. The van der Waals surface area contributed by atoms with Crippen LogP contribution < -0.4 is 4.90 Å². The van der Waals surface area contributed by atoms with Gasteiger partial charge in [0.15, 0.2) is 0 Å². The number of aromatic nitrogens is 2. The zero-order valence-corrected chi connectivity index (χ0v) is 15.1. The van der Waals surface area contributed by atoms with E-state index in [0.29, 0.717) is 18.2 Å². The highest BCUT2D eigenvalue weighted by Gasteiger charge is 2.38. The molecule has 1 unspecified atom stereocenters. The van der Waals surface area contributed by atoms with Crippen molar-refractivity contribution in [3.63, 3.8) is 0 Å². The number of piperidine rings is 1. The molecule has 2 fully saturated rings. The third-order valence-corrected chi connectivity index (χ3v) is 5.54. The van der Waals surface area contributed by atoms with Crippen molar-refractivity contribution in [1.29, 1.82) is 0 Å². The average molecular weight is 370 g/mol. The lowest BCUT2D eigenvalue weighted by Gasteiger charge is -2.33. The first-order valence-electron chi connectivity index (χ1n) is 9.42. The van der Waals surface area contributed by atoms with Crippen molar-refractivity contribution in [2.45, 2.75) is 25.8 Å². The molecule has 0 aliphatic carbocycles. The van der Waals surface area contributed by atoms with Crippen molar-refractivity contribution >= 4 is 17.5 Å². The van der Waals surface area contributed by atoms with Crippen LogP contribution in [0.4, 0.5) is 10.1 Å². The minimum atomic E-state index is -0.337. The van der Waals surface area contributed by atoms with Crippen LogP contribution in [0.2, 0.25) is 0 Å². The fraction of sp³-hybridized carbons (Fsp3) is 0.450. The van der Waals surface area contributed by atoms with Crippen molar-refractivity contribution in [1.82, 2.24) is 14.7 Å². The molecule has 3 heterocycles. The number of hydrogen-bond acceptors (Lipinski definition) is 3. The Bertz CT molecular complexity index is 798. The van der Waals surface area contributed by atoms with Gasteiger partial charge in [0, 0.05) is 50.7 Å². The monoisotopic (exact) mass is 370 g/mol. The lowest BCUT2D eigenvalue weighted by Crippen LogP contribution is -2.43. The highest BCUT2D eigenvalue weighted by molar-refractivity contribution is 6.00. The Morgan fingerprint density at radius 3 is 2.59 bits per heavy atom. The van der Waals surface area contributed by atoms with E-state index in [9.17, 15) is 14.0 Å². The third kappa shape index (κ3) is 3.86. The quantitative estimate of drug-likeness (QED) is 0.830. The summed E-state index contributed by atoms with van der Waals surface area (Å²) >= 11 is 0. The molecular weight excluding hydrogens is 347 g/mol. The van der Waals surface area contributed by atoms with Gasteiger partial charge in [0.25, 0.3) is 0 Å². The maximum absolute atomic E-state index is 13.1. The van der Waals surface area contributed by atoms with Gasteiger partial charge in [-0.3, -0.25) is 14.3 Å². The van der Waals surface area contributed by atoms with Crippen molar-refractivity contribution in [3.8, 4) is 0 Å². The van der Waals surface area contributed by atoms with E-state index in [1.165, 1.54) is 12.1 Å². The molecule has 6 nitrogen and oxygen atoms in total. The summed E-state index contributed by atoms with van der Waals surface area (Å²) in [6.07, 6.45) is 5.87. The molecule has 2 amide bonds. The van der Waals surface area contributed by atoms with Gasteiger partial charge in [-0.05, 0) is 49.1 Å². The van der Waals surface area contributed by atoms with Crippen LogP contribution >= 0.6 is 0 Å². The summed E-state index contributed by atoms with van der Waals surface area (Å²) in [6.45, 7) is 2.71. The molecule has 0 saturated carbocycles. The molecule has 2 aromatic rings. The topological polar surface area (TPSA) is 58.4 Å². The second kappa shape index (κ2) is 7.50. The molecule has 27 heavy (non-hydrogen) atoms. The first-order chi connectivity index (χ1) is 13.1. The predicted octanol–water partition coefficient (Wildman–Crippen LogP) is 2.31. The standard InChI is InChI=1S/C20H23FN4O2/c21-17-2-4-18(5-3-17)25-14-16(12-19(25)26)20(27)23-10-6-15(7-11-23)13-24-9-1-8-22-24/h1-5,8-9,15-16H,6-7,10-14H2. The van der Waals surface area contributed by atoms with E-state index in [0.717, 1.165) is 32.5 Å². The summed E-state index contributed by atoms with van der Waals surface area (Å²) in [5.74, 6) is -0.143. The molecular formula is C20H23FN4O2. The highest BCUT2D eigenvalue weighted by Crippen LogP contribution is 2.28. The van der Waals surface area contributed by atoms with Gasteiger partial charge in [-0.1, -0.05) is 0 Å². The Hall–Kier alpha value is -2.70. The van der Waals surface area contributed by atoms with E-state index in [1.807, 2.05) is 21.8 Å². The van der Waals surface area contributed by atoms with Gasteiger partial charge in [-0.2, -0.15) is 5.10 Å². The zero-order chi connectivity index (χ0) is 18.8. The van der Waals surface area contributed by atoms with Gasteiger partial charge in [-0.25, -0.2) is 4.39 Å². The normalized spacial score (nSPS) is 21.1. The Kier molecular flexibility index (Phi) is 4.92. The van der Waals surface area contributed by atoms with E-state index in [1.54, 1.807) is 23.2 Å². The molecule has 0 N–H and O–H groups in total. The van der Waals surface area contributed by atoms with Crippen molar-refractivity contribution in [2.24, 2.45) is 11.8 Å². The first kappa shape index (κ1) is 17.7. The summed E-state index contributed by atoms with van der Waals surface area (Å²) < 4.78 is 15.0. The number of amides is 2. The molecule has 1 atom stereocenters. The lowest BCUT2D eigenvalue weighted by molar-refractivity contribution is -0.137. The lowest BCUT2D eigenvalue weighted by atomic mass is 9.95. The van der Waals surface area contributed by atoms with E-state index in [-0.39, 0.29) is 30.0 Å². The minimum absolute atomic E-state index is 0.0606. The fourth-order valence-corrected chi connectivity index (χ4v) is 4.01. The van der Waals surface area contributed by atoms with Crippen molar-refractivity contribution in [2.75, 3.05) is 24.5 Å². The average Bonchev–Trinajstić information content (AvgIpc) is 3.32. The second-order valence-electron chi connectivity index (χ2n) is 7.38. The largest absolute Gasteiger partial charge is 0.342 e. The van der Waals surface area contributed by atoms with E-state index < -0.39 is 0 Å². The summed E-state index contributed by atoms with van der Waals surface area (Å²) in [5.41, 5.74) is 0.648. The van der Waals surface area contributed by atoms with Crippen LogP contribution in [0, 0.1) is 17.7 Å². The van der Waals surface area contributed by atoms with E-state index >= 15 is 0 Å². The highest BCUT2D eigenvalue weighted by atomic mass is 19.1. The smallest absolute Gasteiger partial charge is 0.228 e. The van der Waals surface area contributed by atoms with Crippen LogP contribution in [0.5, 0.6) is 0 Å². The third-order valence-electron chi connectivity index (χ3n) is 5.54. The number of benzene rings is 1. The maximum Gasteiger partial charge on any atom is 0.228 e. The Balaban J connectivity index is 1.32. The number of carbonyl (C=O) groups is 2. The SMILES string of the molecule is O=C(C1CC(=O)N(c2ccc(F)cc2)C1)N1CCC(Cn2cccn2)CC1. The predicted molar refractivity (Wildman–Crippen MR) is 98.4 cm³/mol. The number of likely N-dealkylation sites (tertiary alicyclic amines) is 1. The van der Waals surface area contributed by atoms with Crippen LogP contribution in [-0.4, -0.2) is 46.1 Å². The molecule has 142 valence electrons. The molecule has 2 aliphatic heterocycles. The number of nitrogens with zero attached hydrogens (tertiary/aromatic N) is 4. The minimum Gasteiger partial charge on any atom is -0.342 e. The first-order valence-corrected chi connectivity index (χ1v) is 9.42. The molecule has 0 radical (unpaired) electrons. The Morgan fingerprint density at radius 2 is 1.93 bits per heavy atom. The number of anilines is 1. The van der Waals surface area contributed by atoms with E-state index in [2.05, 4.69) is 5.10 Å². The molecule has 4 rings (SSSR count). The number of carbonyl (C=O) groups excluding carboxylic acids is 2. The number of rotatable bonds is 4. The second-order valence-corrected chi connectivity index (χ2v) is 7.38. The van der Waals surface area contributed by atoms with Gasteiger partial charge < -0.3 is 9.80 Å². The van der Waals surface area contributed by atoms with Crippen LogP contribution in [0.1, 0.15) is 19.3 Å². The Labute approximate surface area is 157 Å². The van der Waals surface area contributed by atoms with E-state index in [4.69, 9.17) is 0 Å². The van der Waals surface area contributed by atoms with Crippen molar-refractivity contribution in [3.05, 3.63) is 48.5 Å². The summed E-state index contributed by atoms with van der Waals surface area (Å²) in [6, 6.07) is 7.76. The molecule has 0 spiro atoms. The molecule has 1 aromatic carbocycles. The summed E-state index contributed by atoms with van der Waals surface area (Å²) in [7, 11) is 0. The fourth-order valence-electron chi connectivity index (χ4n) is 4.01. The van der Waals surface area contributed by atoms with Crippen LogP contribution in [0.25, 0.3) is 0 Å². The van der Waals surface area contributed by atoms with Gasteiger partial charge >= 0.3 is 0 Å². The van der Waals surface area contributed by atoms with Crippen molar-refractivity contribution < 1.29 is 14.0 Å². The number of halogens is 1. The van der Waals surface area contributed by atoms with Gasteiger partial charge in [0.2, 0.25) is 11.8 Å². The van der Waals surface area contributed by atoms with Gasteiger partial charge in [0.05, 0.1) is 5.92 Å². The van der Waals surface area contributed by atoms with Crippen LogP contribution in [0.15, 0.2) is 42.7 Å². The molecule has 7 heteroatoms. The van der Waals surface area contributed by atoms with Crippen LogP contribution in [-0.2, 0) is 16.1 Å².